The van der Waals surface area contributed by atoms with Crippen molar-refractivity contribution in [2.45, 2.75) is 38.5 Å². The number of hydrogen-bond donors (Lipinski definition) is 0. The normalized spacial score (nSPS) is 35.8. The van der Waals surface area contributed by atoms with Gasteiger partial charge in [-0.2, -0.15) is 0 Å². The highest BCUT2D eigenvalue weighted by Crippen LogP contribution is 2.57. The van der Waals surface area contributed by atoms with Gasteiger partial charge in [0, 0.05) is 0 Å². The van der Waals surface area contributed by atoms with E-state index in [0.717, 1.165) is 11.3 Å². The average molecular weight is 136 g/mol. The Morgan fingerprint density at radius 2 is 2.10 bits per heavy atom. The van der Waals surface area contributed by atoms with Crippen LogP contribution in [0.15, 0.2) is 12.7 Å². The molecule has 0 aromatic carbocycles. The van der Waals surface area contributed by atoms with Crippen molar-refractivity contribution in [3.8, 4) is 0 Å². The van der Waals surface area contributed by atoms with Crippen LogP contribution in [0.4, 0.5) is 0 Å². The molecule has 0 aromatic heterocycles. The molecule has 0 saturated heterocycles. The van der Waals surface area contributed by atoms with Gasteiger partial charge in [0.05, 0.1) is 0 Å². The van der Waals surface area contributed by atoms with E-state index in [0.29, 0.717) is 0 Å². The molecule has 2 aliphatic rings. The first-order valence-corrected chi connectivity index (χ1v) is 4.47. The maximum absolute atomic E-state index is 3.88. The van der Waals surface area contributed by atoms with Crippen LogP contribution in [0.25, 0.3) is 0 Å². The molecule has 0 aromatic rings. The summed E-state index contributed by atoms with van der Waals surface area (Å²) in [6.07, 6.45) is 11.0. The molecule has 0 heteroatoms. The van der Waals surface area contributed by atoms with Gasteiger partial charge in [-0.25, -0.2) is 0 Å². The first-order valence-electron chi connectivity index (χ1n) is 4.47. The SMILES string of the molecule is C=C[C@@H]1CCCC2(CC2)C1. The van der Waals surface area contributed by atoms with Crippen LogP contribution in [0.5, 0.6) is 0 Å². The Labute approximate surface area is 63.3 Å². The van der Waals surface area contributed by atoms with Gasteiger partial charge in [-0.05, 0) is 43.4 Å². The number of allylic oxidation sites excluding steroid dienone is 1. The molecule has 1 atom stereocenters. The van der Waals surface area contributed by atoms with Crippen molar-refractivity contribution in [2.24, 2.45) is 11.3 Å². The Morgan fingerprint density at radius 1 is 1.30 bits per heavy atom. The summed E-state index contributed by atoms with van der Waals surface area (Å²) in [6.45, 7) is 3.88. The fourth-order valence-electron chi connectivity index (χ4n) is 2.33. The summed E-state index contributed by atoms with van der Waals surface area (Å²) >= 11 is 0. The molecule has 0 bridgehead atoms. The summed E-state index contributed by atoms with van der Waals surface area (Å²) in [6, 6.07) is 0. The highest BCUT2D eigenvalue weighted by atomic mass is 14.5. The number of hydrogen-bond acceptors (Lipinski definition) is 0. The van der Waals surface area contributed by atoms with E-state index in [-0.39, 0.29) is 0 Å². The molecule has 1 spiro atoms. The zero-order chi connectivity index (χ0) is 7.03. The van der Waals surface area contributed by atoms with Crippen LogP contribution in [-0.2, 0) is 0 Å². The molecule has 2 fully saturated rings. The van der Waals surface area contributed by atoms with Crippen LogP contribution in [-0.4, -0.2) is 0 Å². The molecule has 56 valence electrons. The molecule has 0 radical (unpaired) electrons. The minimum absolute atomic E-state index is 0.830. The third kappa shape index (κ3) is 1.00. The van der Waals surface area contributed by atoms with Gasteiger partial charge >= 0.3 is 0 Å². The summed E-state index contributed by atoms with van der Waals surface area (Å²) in [5.74, 6) is 0.858. The van der Waals surface area contributed by atoms with E-state index in [9.17, 15) is 0 Å². The van der Waals surface area contributed by atoms with Crippen molar-refractivity contribution in [1.82, 2.24) is 0 Å². The Balaban J connectivity index is 1.97. The standard InChI is InChI=1S/C10H16/c1-2-9-4-3-5-10(8-9)6-7-10/h2,9H,1,3-8H2/t9-/m1/s1. The third-order valence-corrected chi connectivity index (χ3v) is 3.27. The molecule has 0 heterocycles. The molecule has 0 unspecified atom stereocenters. The van der Waals surface area contributed by atoms with Gasteiger partial charge in [-0.15, -0.1) is 6.58 Å². The Bertz CT molecular complexity index is 142. The molecule has 2 saturated carbocycles. The predicted octanol–water partition coefficient (Wildman–Crippen LogP) is 3.14. The lowest BCUT2D eigenvalue weighted by atomic mass is 9.79. The van der Waals surface area contributed by atoms with Gasteiger partial charge in [0.25, 0.3) is 0 Å². The van der Waals surface area contributed by atoms with Crippen molar-refractivity contribution < 1.29 is 0 Å². The quantitative estimate of drug-likeness (QED) is 0.486. The van der Waals surface area contributed by atoms with Crippen molar-refractivity contribution >= 4 is 0 Å². The highest BCUT2D eigenvalue weighted by Gasteiger charge is 2.44. The molecule has 10 heavy (non-hydrogen) atoms. The van der Waals surface area contributed by atoms with Crippen LogP contribution < -0.4 is 0 Å². The fraction of sp³-hybridized carbons (Fsp3) is 0.800. The number of rotatable bonds is 1. The third-order valence-electron chi connectivity index (χ3n) is 3.27. The van der Waals surface area contributed by atoms with E-state index in [2.05, 4.69) is 12.7 Å². The van der Waals surface area contributed by atoms with Gasteiger partial charge in [0.1, 0.15) is 0 Å². The summed E-state index contributed by atoms with van der Waals surface area (Å²) in [5, 5.41) is 0. The Hall–Kier alpha value is -0.260. The molecule has 2 rings (SSSR count). The van der Waals surface area contributed by atoms with Gasteiger partial charge in [-0.3, -0.25) is 0 Å². The van der Waals surface area contributed by atoms with Crippen LogP contribution in [0.1, 0.15) is 38.5 Å². The maximum atomic E-state index is 3.88. The van der Waals surface area contributed by atoms with Crippen LogP contribution in [0.3, 0.4) is 0 Å². The first-order chi connectivity index (χ1) is 4.85. The smallest absolute Gasteiger partial charge is 0.0231 e. The topological polar surface area (TPSA) is 0 Å². The van der Waals surface area contributed by atoms with Crippen molar-refractivity contribution in [1.29, 1.82) is 0 Å². The second-order valence-corrected chi connectivity index (χ2v) is 4.09. The summed E-state index contributed by atoms with van der Waals surface area (Å²) < 4.78 is 0. The zero-order valence-electron chi connectivity index (χ0n) is 6.60. The van der Waals surface area contributed by atoms with Gasteiger partial charge in [-0.1, -0.05) is 12.5 Å². The molecule has 0 nitrogen and oxygen atoms in total. The summed E-state index contributed by atoms with van der Waals surface area (Å²) in [4.78, 5) is 0. The lowest BCUT2D eigenvalue weighted by Crippen LogP contribution is -2.14. The Morgan fingerprint density at radius 3 is 2.70 bits per heavy atom. The molecule has 2 aliphatic carbocycles. The minimum Gasteiger partial charge on any atom is -0.103 e. The lowest BCUT2D eigenvalue weighted by molar-refractivity contribution is 0.284. The van der Waals surface area contributed by atoms with E-state index < -0.39 is 0 Å². The second-order valence-electron chi connectivity index (χ2n) is 4.09. The monoisotopic (exact) mass is 136 g/mol. The van der Waals surface area contributed by atoms with Crippen molar-refractivity contribution in [3.05, 3.63) is 12.7 Å². The average Bonchev–Trinajstić information content (AvgIpc) is 2.70. The molecule has 0 N–H and O–H groups in total. The first kappa shape index (κ1) is 6.45. The molecular formula is C10H16. The van der Waals surface area contributed by atoms with Crippen LogP contribution in [0, 0.1) is 11.3 Å². The van der Waals surface area contributed by atoms with E-state index in [1.807, 2.05) is 0 Å². The molecular weight excluding hydrogens is 120 g/mol. The Kier molecular flexibility index (Phi) is 1.36. The summed E-state index contributed by atoms with van der Waals surface area (Å²) in [7, 11) is 0. The minimum atomic E-state index is 0.830. The lowest BCUT2D eigenvalue weighted by Gasteiger charge is -2.26. The van der Waals surface area contributed by atoms with Crippen LogP contribution >= 0.6 is 0 Å². The molecule has 0 amide bonds. The van der Waals surface area contributed by atoms with E-state index in [4.69, 9.17) is 0 Å². The maximum Gasteiger partial charge on any atom is -0.0231 e. The van der Waals surface area contributed by atoms with E-state index in [1.54, 1.807) is 0 Å². The summed E-state index contributed by atoms with van der Waals surface area (Å²) in [5.41, 5.74) is 0.830. The predicted molar refractivity (Wildman–Crippen MR) is 43.8 cm³/mol. The zero-order valence-corrected chi connectivity index (χ0v) is 6.60. The van der Waals surface area contributed by atoms with Crippen molar-refractivity contribution in [3.63, 3.8) is 0 Å². The van der Waals surface area contributed by atoms with Gasteiger partial charge < -0.3 is 0 Å². The van der Waals surface area contributed by atoms with Crippen molar-refractivity contribution in [2.75, 3.05) is 0 Å². The van der Waals surface area contributed by atoms with E-state index in [1.165, 1.54) is 38.5 Å². The fourth-order valence-corrected chi connectivity index (χ4v) is 2.33. The largest absolute Gasteiger partial charge is 0.103 e. The van der Waals surface area contributed by atoms with Gasteiger partial charge in [0.2, 0.25) is 0 Å². The van der Waals surface area contributed by atoms with Crippen LogP contribution in [0.2, 0.25) is 0 Å². The van der Waals surface area contributed by atoms with Gasteiger partial charge in [0.15, 0.2) is 0 Å². The second kappa shape index (κ2) is 2.11. The highest BCUT2D eigenvalue weighted by molar-refractivity contribution is 5.00. The van der Waals surface area contributed by atoms with E-state index >= 15 is 0 Å². The molecule has 0 aliphatic heterocycles.